The second kappa shape index (κ2) is 4.03. The Morgan fingerprint density at radius 1 is 0.833 bits per heavy atom. The van der Waals surface area contributed by atoms with Gasteiger partial charge in [-0.05, 0) is 54.8 Å². The number of nitrogen functional groups attached to an aromatic ring is 1. The van der Waals surface area contributed by atoms with E-state index in [-0.39, 0.29) is 5.54 Å². The maximum atomic E-state index is 6.13. The molecule has 1 saturated carbocycles. The number of rotatable bonds is 3. The molecule has 3 nitrogen and oxygen atoms in total. The number of benzene rings is 2. The quantitative estimate of drug-likeness (QED) is 0.811. The minimum absolute atomic E-state index is 0.0836. The third kappa shape index (κ3) is 2.17. The van der Waals surface area contributed by atoms with Crippen molar-refractivity contribution in [1.82, 2.24) is 0 Å². The van der Waals surface area contributed by atoms with Crippen LogP contribution in [0.2, 0.25) is 0 Å². The van der Waals surface area contributed by atoms with Crippen molar-refractivity contribution < 1.29 is 4.74 Å². The lowest BCUT2D eigenvalue weighted by molar-refractivity contribution is 0.482. The van der Waals surface area contributed by atoms with Gasteiger partial charge < -0.3 is 16.2 Å². The van der Waals surface area contributed by atoms with E-state index in [1.807, 2.05) is 48.5 Å². The summed E-state index contributed by atoms with van der Waals surface area (Å²) in [6.07, 6.45) is 2.15. The first kappa shape index (κ1) is 11.1. The molecule has 92 valence electrons. The second-order valence-electron chi connectivity index (χ2n) is 4.85. The Balaban J connectivity index is 1.75. The zero-order valence-corrected chi connectivity index (χ0v) is 10.1. The minimum atomic E-state index is -0.0836. The largest absolute Gasteiger partial charge is 0.457 e. The average Bonchev–Trinajstić information content (AvgIpc) is 3.12. The number of hydrogen-bond donors (Lipinski definition) is 2. The fourth-order valence-corrected chi connectivity index (χ4v) is 1.95. The molecular weight excluding hydrogens is 224 g/mol. The van der Waals surface area contributed by atoms with Gasteiger partial charge in [0.1, 0.15) is 11.5 Å². The van der Waals surface area contributed by atoms with Gasteiger partial charge in [0.2, 0.25) is 0 Å². The molecule has 0 aliphatic heterocycles. The Morgan fingerprint density at radius 2 is 1.33 bits per heavy atom. The van der Waals surface area contributed by atoms with Crippen LogP contribution in [0.25, 0.3) is 0 Å². The number of anilines is 1. The van der Waals surface area contributed by atoms with Crippen LogP contribution >= 0.6 is 0 Å². The highest BCUT2D eigenvalue weighted by Gasteiger charge is 2.39. The Bertz CT molecular complexity index is 542. The van der Waals surface area contributed by atoms with Crippen molar-refractivity contribution in [1.29, 1.82) is 0 Å². The Kier molecular flexibility index (Phi) is 2.49. The highest BCUT2D eigenvalue weighted by Crippen LogP contribution is 2.43. The van der Waals surface area contributed by atoms with Gasteiger partial charge in [0, 0.05) is 11.2 Å². The molecule has 18 heavy (non-hydrogen) atoms. The van der Waals surface area contributed by atoms with E-state index in [1.165, 1.54) is 5.56 Å². The summed E-state index contributed by atoms with van der Waals surface area (Å²) in [6, 6.07) is 15.4. The van der Waals surface area contributed by atoms with Crippen LogP contribution in [0, 0.1) is 0 Å². The molecular formula is C15H16N2O. The van der Waals surface area contributed by atoms with E-state index in [1.54, 1.807) is 0 Å². The van der Waals surface area contributed by atoms with Crippen LogP contribution in [0.3, 0.4) is 0 Å². The van der Waals surface area contributed by atoms with E-state index in [2.05, 4.69) is 0 Å². The van der Waals surface area contributed by atoms with Crippen molar-refractivity contribution in [3.8, 4) is 11.5 Å². The van der Waals surface area contributed by atoms with E-state index in [0.717, 1.165) is 30.0 Å². The van der Waals surface area contributed by atoms with Crippen molar-refractivity contribution in [2.24, 2.45) is 5.73 Å². The van der Waals surface area contributed by atoms with Crippen LogP contribution in [0.15, 0.2) is 48.5 Å². The van der Waals surface area contributed by atoms with Gasteiger partial charge in [-0.1, -0.05) is 12.1 Å². The highest BCUT2D eigenvalue weighted by atomic mass is 16.5. The molecule has 1 aliphatic rings. The molecule has 3 heteroatoms. The molecule has 0 saturated heterocycles. The zero-order valence-electron chi connectivity index (χ0n) is 10.1. The maximum Gasteiger partial charge on any atom is 0.127 e. The van der Waals surface area contributed by atoms with Gasteiger partial charge >= 0.3 is 0 Å². The van der Waals surface area contributed by atoms with Crippen LogP contribution < -0.4 is 16.2 Å². The Morgan fingerprint density at radius 3 is 1.83 bits per heavy atom. The minimum Gasteiger partial charge on any atom is -0.457 e. The lowest BCUT2D eigenvalue weighted by Gasteiger charge is -2.10. The van der Waals surface area contributed by atoms with Gasteiger partial charge in [-0.3, -0.25) is 0 Å². The highest BCUT2D eigenvalue weighted by molar-refractivity contribution is 5.43. The summed E-state index contributed by atoms with van der Waals surface area (Å²) in [5.41, 5.74) is 13.6. The normalized spacial score (nSPS) is 16.3. The summed E-state index contributed by atoms with van der Waals surface area (Å²) in [6.45, 7) is 0. The van der Waals surface area contributed by atoms with E-state index in [4.69, 9.17) is 16.2 Å². The molecule has 4 N–H and O–H groups in total. The van der Waals surface area contributed by atoms with Crippen LogP contribution in [-0.2, 0) is 5.54 Å². The number of hydrogen-bond acceptors (Lipinski definition) is 3. The monoisotopic (exact) mass is 240 g/mol. The number of ether oxygens (including phenoxy) is 1. The second-order valence-corrected chi connectivity index (χ2v) is 4.85. The predicted octanol–water partition coefficient (Wildman–Crippen LogP) is 3.01. The van der Waals surface area contributed by atoms with Gasteiger partial charge in [-0.2, -0.15) is 0 Å². The first-order chi connectivity index (χ1) is 8.66. The summed E-state index contributed by atoms with van der Waals surface area (Å²) >= 11 is 0. The van der Waals surface area contributed by atoms with E-state index < -0.39 is 0 Å². The van der Waals surface area contributed by atoms with Crippen LogP contribution in [0.5, 0.6) is 11.5 Å². The summed E-state index contributed by atoms with van der Waals surface area (Å²) in [5, 5.41) is 0. The van der Waals surface area contributed by atoms with Crippen molar-refractivity contribution in [3.05, 3.63) is 54.1 Å². The Labute approximate surface area is 106 Å². The molecule has 1 aliphatic carbocycles. The summed E-state index contributed by atoms with van der Waals surface area (Å²) in [7, 11) is 0. The molecule has 0 radical (unpaired) electrons. The van der Waals surface area contributed by atoms with Crippen molar-refractivity contribution in [3.63, 3.8) is 0 Å². The third-order valence-electron chi connectivity index (χ3n) is 3.33. The molecule has 0 unspecified atom stereocenters. The van der Waals surface area contributed by atoms with Crippen LogP contribution in [0.4, 0.5) is 5.69 Å². The van der Waals surface area contributed by atoms with Crippen molar-refractivity contribution in [2.75, 3.05) is 5.73 Å². The molecule has 0 heterocycles. The van der Waals surface area contributed by atoms with Gasteiger partial charge in [-0.25, -0.2) is 0 Å². The Hall–Kier alpha value is -2.00. The molecule has 1 fully saturated rings. The van der Waals surface area contributed by atoms with Gasteiger partial charge in [-0.15, -0.1) is 0 Å². The SMILES string of the molecule is Nc1ccc(Oc2ccc(C3(N)CC3)cc2)cc1. The molecule has 2 aromatic rings. The summed E-state index contributed by atoms with van der Waals surface area (Å²) in [4.78, 5) is 0. The third-order valence-corrected chi connectivity index (χ3v) is 3.33. The van der Waals surface area contributed by atoms with E-state index in [9.17, 15) is 0 Å². The van der Waals surface area contributed by atoms with Crippen molar-refractivity contribution in [2.45, 2.75) is 18.4 Å². The van der Waals surface area contributed by atoms with Crippen molar-refractivity contribution >= 4 is 5.69 Å². The van der Waals surface area contributed by atoms with E-state index >= 15 is 0 Å². The van der Waals surface area contributed by atoms with Crippen LogP contribution in [0.1, 0.15) is 18.4 Å². The van der Waals surface area contributed by atoms with Crippen LogP contribution in [-0.4, -0.2) is 0 Å². The first-order valence-corrected chi connectivity index (χ1v) is 6.09. The van der Waals surface area contributed by atoms with E-state index in [0.29, 0.717) is 0 Å². The smallest absolute Gasteiger partial charge is 0.127 e. The standard InChI is InChI=1S/C15H16N2O/c16-12-3-7-14(8-4-12)18-13-5-1-11(2-6-13)15(17)9-10-15/h1-8H,9-10,16-17H2. The molecule has 2 aromatic carbocycles. The first-order valence-electron chi connectivity index (χ1n) is 6.09. The molecule has 0 atom stereocenters. The van der Waals surface area contributed by atoms with Gasteiger partial charge in [0.15, 0.2) is 0 Å². The maximum absolute atomic E-state index is 6.13. The molecule has 3 rings (SSSR count). The average molecular weight is 240 g/mol. The lowest BCUT2D eigenvalue weighted by Crippen LogP contribution is -2.18. The summed E-state index contributed by atoms with van der Waals surface area (Å²) < 4.78 is 5.73. The molecule has 0 amide bonds. The zero-order chi connectivity index (χ0) is 12.6. The topological polar surface area (TPSA) is 61.3 Å². The summed E-state index contributed by atoms with van der Waals surface area (Å²) in [5.74, 6) is 1.60. The molecule has 0 bridgehead atoms. The fourth-order valence-electron chi connectivity index (χ4n) is 1.95. The number of nitrogens with two attached hydrogens (primary N) is 2. The van der Waals surface area contributed by atoms with Gasteiger partial charge in [0.25, 0.3) is 0 Å². The molecule has 0 aromatic heterocycles. The lowest BCUT2D eigenvalue weighted by atomic mass is 10.1. The predicted molar refractivity (Wildman–Crippen MR) is 72.5 cm³/mol. The molecule has 0 spiro atoms. The fraction of sp³-hybridized carbons (Fsp3) is 0.200. The van der Waals surface area contributed by atoms with Gasteiger partial charge in [0.05, 0.1) is 0 Å².